The van der Waals surface area contributed by atoms with Crippen molar-refractivity contribution in [3.05, 3.63) is 114 Å². The van der Waals surface area contributed by atoms with Gasteiger partial charge in [0.2, 0.25) is 0 Å². The molecule has 1 heterocycles. The molecule has 1 atom stereocenters. The number of nitrogens with one attached hydrogen (secondary N) is 1. The van der Waals surface area contributed by atoms with Crippen LogP contribution in [0.2, 0.25) is 0 Å². The summed E-state index contributed by atoms with van der Waals surface area (Å²) in [5.74, 6) is 0.154. The quantitative estimate of drug-likeness (QED) is 0.259. The minimum absolute atomic E-state index is 0.0789. The molecule has 0 aliphatic carbocycles. The van der Waals surface area contributed by atoms with Crippen LogP contribution in [0.15, 0.2) is 97.1 Å². The van der Waals surface area contributed by atoms with Crippen molar-refractivity contribution in [3.8, 4) is 22.6 Å². The number of rotatable bonds is 8. The van der Waals surface area contributed by atoms with Crippen molar-refractivity contribution in [2.75, 3.05) is 12.4 Å². The van der Waals surface area contributed by atoms with Crippen LogP contribution in [0.5, 0.6) is 11.5 Å². The van der Waals surface area contributed by atoms with Gasteiger partial charge in [-0.15, -0.1) is 0 Å². The normalized spacial score (nSPS) is 13.1. The summed E-state index contributed by atoms with van der Waals surface area (Å²) in [6.07, 6.45) is 0. The van der Waals surface area contributed by atoms with Crippen LogP contribution < -0.4 is 10.1 Å². The van der Waals surface area contributed by atoms with Crippen LogP contribution >= 0.6 is 0 Å². The van der Waals surface area contributed by atoms with Crippen LogP contribution in [-0.2, 0) is 16.1 Å². The highest BCUT2D eigenvalue weighted by Crippen LogP contribution is 2.32. The Hall–Kier alpha value is -4.91. The van der Waals surface area contributed by atoms with Crippen molar-refractivity contribution in [3.63, 3.8) is 0 Å². The second-order valence-corrected chi connectivity index (χ2v) is 9.96. The van der Waals surface area contributed by atoms with E-state index in [-0.39, 0.29) is 17.7 Å². The fourth-order valence-corrected chi connectivity index (χ4v) is 4.91. The van der Waals surface area contributed by atoms with Gasteiger partial charge in [-0.2, -0.15) is 0 Å². The summed E-state index contributed by atoms with van der Waals surface area (Å²) in [4.78, 5) is 40.3. The number of hydrogen-bond acceptors (Lipinski definition) is 5. The van der Waals surface area contributed by atoms with E-state index in [1.54, 1.807) is 23.1 Å². The van der Waals surface area contributed by atoms with Gasteiger partial charge in [-0.1, -0.05) is 68.4 Å². The first-order valence-electron chi connectivity index (χ1n) is 13.1. The van der Waals surface area contributed by atoms with Gasteiger partial charge in [-0.25, -0.2) is 4.79 Å². The van der Waals surface area contributed by atoms with E-state index < -0.39 is 12.0 Å². The maximum Gasteiger partial charge on any atom is 0.328 e. The number of methoxy groups -OCH3 is 1. The molecule has 0 spiro atoms. The average Bonchev–Trinajstić information content (AvgIpc) is 3.29. The summed E-state index contributed by atoms with van der Waals surface area (Å²) in [6, 6.07) is 28.9. The number of amides is 2. The molecule has 7 nitrogen and oxygen atoms in total. The van der Waals surface area contributed by atoms with Crippen molar-refractivity contribution in [2.24, 2.45) is 5.92 Å². The molecule has 1 unspecified atom stereocenters. The molecule has 1 aliphatic heterocycles. The Morgan fingerprint density at radius 1 is 0.850 bits per heavy atom. The summed E-state index contributed by atoms with van der Waals surface area (Å²) in [7, 11) is 1.34. The largest absolute Gasteiger partial charge is 0.467 e. The molecule has 2 amide bonds. The number of hydrogen-bond donors (Lipinski definition) is 1. The molecular formula is C33H30N2O5. The third kappa shape index (κ3) is 5.45. The van der Waals surface area contributed by atoms with Crippen molar-refractivity contribution < 1.29 is 23.9 Å². The van der Waals surface area contributed by atoms with Gasteiger partial charge in [-0.3, -0.25) is 9.59 Å². The lowest BCUT2D eigenvalue weighted by Gasteiger charge is -2.28. The number of carbonyl (C=O) groups is 3. The van der Waals surface area contributed by atoms with Gasteiger partial charge in [0.25, 0.3) is 11.8 Å². The fraction of sp³-hybridized carbons (Fsp3) is 0.182. The number of ether oxygens (including phenoxy) is 2. The SMILES string of the molecule is COC(=O)C(C(C)C)N1Cc2ccc(-c3ccc(NC(=O)c4ccccc4Oc4ccccc4)cc3)cc2C1=O. The van der Waals surface area contributed by atoms with E-state index in [9.17, 15) is 14.4 Å². The number of para-hydroxylation sites is 2. The summed E-state index contributed by atoms with van der Waals surface area (Å²) >= 11 is 0. The van der Waals surface area contributed by atoms with E-state index in [1.807, 2.05) is 92.7 Å². The number of fused-ring (bicyclic) bond motifs is 1. The van der Waals surface area contributed by atoms with Crippen LogP contribution in [0, 0.1) is 5.92 Å². The maximum absolute atomic E-state index is 13.3. The number of carbonyl (C=O) groups excluding carboxylic acids is 3. The van der Waals surface area contributed by atoms with Gasteiger partial charge < -0.3 is 19.7 Å². The Bertz CT molecular complexity index is 1550. The third-order valence-electron chi connectivity index (χ3n) is 6.93. The van der Waals surface area contributed by atoms with Crippen molar-refractivity contribution in [1.29, 1.82) is 0 Å². The third-order valence-corrected chi connectivity index (χ3v) is 6.93. The summed E-state index contributed by atoms with van der Waals surface area (Å²) < 4.78 is 10.9. The summed E-state index contributed by atoms with van der Waals surface area (Å²) in [6.45, 7) is 4.17. The molecule has 0 saturated carbocycles. The van der Waals surface area contributed by atoms with Crippen LogP contribution in [-0.4, -0.2) is 35.8 Å². The number of nitrogens with zero attached hydrogens (tertiary/aromatic N) is 1. The van der Waals surface area contributed by atoms with E-state index in [0.717, 1.165) is 16.7 Å². The second-order valence-electron chi connectivity index (χ2n) is 9.96. The Morgan fingerprint density at radius 2 is 1.52 bits per heavy atom. The van der Waals surface area contributed by atoms with Crippen LogP contribution in [0.1, 0.15) is 40.1 Å². The number of esters is 1. The molecule has 202 valence electrons. The highest BCUT2D eigenvalue weighted by Gasteiger charge is 2.38. The summed E-state index contributed by atoms with van der Waals surface area (Å²) in [5.41, 5.74) is 4.28. The molecule has 0 aromatic heterocycles. The average molecular weight is 535 g/mol. The van der Waals surface area contributed by atoms with Gasteiger partial charge in [-0.05, 0) is 65.1 Å². The molecule has 5 rings (SSSR count). The standard InChI is InChI=1S/C33H30N2O5/c1-21(2)30(33(38)39-3)35-20-24-14-13-23(19-28(24)32(35)37)22-15-17-25(18-16-22)34-31(36)27-11-7-8-12-29(27)40-26-9-5-4-6-10-26/h4-19,21,30H,20H2,1-3H3,(H,34,36). The first-order valence-corrected chi connectivity index (χ1v) is 13.1. The van der Waals surface area contributed by atoms with Gasteiger partial charge in [0.05, 0.1) is 12.7 Å². The molecule has 0 fully saturated rings. The maximum atomic E-state index is 13.3. The molecular weight excluding hydrogens is 504 g/mol. The molecule has 1 N–H and O–H groups in total. The zero-order valence-electron chi connectivity index (χ0n) is 22.6. The topological polar surface area (TPSA) is 84.9 Å². The zero-order valence-corrected chi connectivity index (χ0v) is 22.6. The van der Waals surface area contributed by atoms with E-state index in [1.165, 1.54) is 7.11 Å². The van der Waals surface area contributed by atoms with Crippen LogP contribution in [0.4, 0.5) is 5.69 Å². The Kier molecular flexibility index (Phi) is 7.64. The van der Waals surface area contributed by atoms with Gasteiger partial charge >= 0.3 is 5.97 Å². The van der Waals surface area contributed by atoms with E-state index in [4.69, 9.17) is 9.47 Å². The molecule has 0 bridgehead atoms. The first kappa shape index (κ1) is 26.7. The van der Waals surface area contributed by atoms with Gasteiger partial charge in [0.15, 0.2) is 0 Å². The molecule has 1 aliphatic rings. The lowest BCUT2D eigenvalue weighted by atomic mass is 10.00. The number of anilines is 1. The van der Waals surface area contributed by atoms with Crippen LogP contribution in [0.3, 0.4) is 0 Å². The fourth-order valence-electron chi connectivity index (χ4n) is 4.91. The van der Waals surface area contributed by atoms with Crippen molar-refractivity contribution in [1.82, 2.24) is 4.90 Å². The molecule has 0 radical (unpaired) electrons. The molecule has 40 heavy (non-hydrogen) atoms. The predicted octanol–water partition coefficient (Wildman–Crippen LogP) is 6.55. The first-order chi connectivity index (χ1) is 19.4. The van der Waals surface area contributed by atoms with Crippen molar-refractivity contribution >= 4 is 23.5 Å². The molecule has 7 heteroatoms. The van der Waals surface area contributed by atoms with E-state index in [2.05, 4.69) is 5.32 Å². The highest BCUT2D eigenvalue weighted by molar-refractivity contribution is 6.06. The highest BCUT2D eigenvalue weighted by atomic mass is 16.5. The van der Waals surface area contributed by atoms with E-state index >= 15 is 0 Å². The minimum Gasteiger partial charge on any atom is -0.467 e. The van der Waals surface area contributed by atoms with Crippen molar-refractivity contribution in [2.45, 2.75) is 26.4 Å². The lowest BCUT2D eigenvalue weighted by molar-refractivity contribution is -0.147. The Balaban J connectivity index is 1.31. The number of benzene rings is 4. The lowest BCUT2D eigenvalue weighted by Crippen LogP contribution is -2.45. The molecule has 0 saturated heterocycles. The second kappa shape index (κ2) is 11.5. The van der Waals surface area contributed by atoms with Gasteiger partial charge in [0, 0.05) is 17.8 Å². The monoisotopic (exact) mass is 534 g/mol. The Morgan fingerprint density at radius 3 is 2.23 bits per heavy atom. The van der Waals surface area contributed by atoms with E-state index in [0.29, 0.717) is 34.9 Å². The van der Waals surface area contributed by atoms with Crippen LogP contribution in [0.25, 0.3) is 11.1 Å². The van der Waals surface area contributed by atoms with Gasteiger partial charge in [0.1, 0.15) is 17.5 Å². The zero-order chi connectivity index (χ0) is 28.2. The molecule has 4 aromatic carbocycles. The minimum atomic E-state index is -0.639. The molecule has 4 aromatic rings. The summed E-state index contributed by atoms with van der Waals surface area (Å²) in [5, 5.41) is 2.93. The Labute approximate surface area is 233 Å². The predicted molar refractivity (Wildman–Crippen MR) is 153 cm³/mol. The smallest absolute Gasteiger partial charge is 0.328 e.